The molecule has 0 amide bonds. The minimum atomic E-state index is -0.108. The van der Waals surface area contributed by atoms with Crippen LogP contribution in [0.3, 0.4) is 0 Å². The van der Waals surface area contributed by atoms with Crippen LogP contribution in [0.15, 0.2) is 206 Å². The minimum Gasteiger partial charge on any atom is -0.0616 e. The minimum absolute atomic E-state index is 0.108. The first-order valence-electron chi connectivity index (χ1n) is 20.7. The van der Waals surface area contributed by atoms with E-state index in [-0.39, 0.29) is 5.41 Å². The Kier molecular flexibility index (Phi) is 7.38. The van der Waals surface area contributed by atoms with Gasteiger partial charge in [-0.3, -0.25) is 0 Å². The normalized spacial score (nSPS) is 13.1. The van der Waals surface area contributed by atoms with E-state index in [4.69, 9.17) is 0 Å². The molecule has 11 aromatic rings. The van der Waals surface area contributed by atoms with Crippen molar-refractivity contribution in [3.63, 3.8) is 0 Å². The summed E-state index contributed by atoms with van der Waals surface area (Å²) < 4.78 is 0. The van der Waals surface area contributed by atoms with Crippen molar-refractivity contribution < 1.29 is 0 Å². The Morgan fingerprint density at radius 3 is 1.14 bits per heavy atom. The molecular formula is C59H40. The largest absolute Gasteiger partial charge is 0.0616 e. The van der Waals surface area contributed by atoms with Crippen molar-refractivity contribution in [1.29, 1.82) is 0 Å². The van der Waals surface area contributed by atoms with Gasteiger partial charge >= 0.3 is 0 Å². The molecule has 0 fully saturated rings. The molecule has 59 heavy (non-hydrogen) atoms. The average Bonchev–Trinajstić information content (AvgIpc) is 3.53. The Labute approximate surface area is 344 Å². The summed E-state index contributed by atoms with van der Waals surface area (Å²) in [5.41, 5.74) is 15.3. The summed E-state index contributed by atoms with van der Waals surface area (Å²) in [7, 11) is 0. The van der Waals surface area contributed by atoms with Crippen LogP contribution in [-0.2, 0) is 5.41 Å². The average molecular weight is 749 g/mol. The van der Waals surface area contributed by atoms with Gasteiger partial charge in [-0.2, -0.15) is 0 Å². The predicted molar refractivity (Wildman–Crippen MR) is 253 cm³/mol. The van der Waals surface area contributed by atoms with Gasteiger partial charge in [-0.1, -0.05) is 178 Å². The van der Waals surface area contributed by atoms with Crippen LogP contribution in [0.4, 0.5) is 0 Å². The molecule has 0 unspecified atom stereocenters. The van der Waals surface area contributed by atoms with Crippen LogP contribution in [0.25, 0.3) is 109 Å². The Bertz CT molecular complexity index is 3490. The molecule has 0 heterocycles. The SMILES string of the molecule is CC1(C)c2cc(-c3ccc4ccccc4c3)ccc2-c2ccc(-c3ccc4cc(-c5cccc(-c6ccc7c8ccccc8c8ccccc8c7c6)c5)ccc4c3)cc21. The third-order valence-corrected chi connectivity index (χ3v) is 13.2. The van der Waals surface area contributed by atoms with E-state index in [1.807, 2.05) is 0 Å². The summed E-state index contributed by atoms with van der Waals surface area (Å²) in [6.45, 7) is 4.76. The van der Waals surface area contributed by atoms with Crippen molar-refractivity contribution in [1.82, 2.24) is 0 Å². The van der Waals surface area contributed by atoms with E-state index in [2.05, 4.69) is 220 Å². The molecule has 0 N–H and O–H groups in total. The number of hydrogen-bond donors (Lipinski definition) is 0. The highest BCUT2D eigenvalue weighted by atomic mass is 14.4. The maximum atomic E-state index is 2.43. The number of hydrogen-bond acceptors (Lipinski definition) is 0. The third kappa shape index (κ3) is 5.37. The molecule has 12 rings (SSSR count). The molecule has 0 saturated carbocycles. The lowest BCUT2D eigenvalue weighted by Gasteiger charge is -2.22. The molecule has 0 nitrogen and oxygen atoms in total. The molecule has 0 aliphatic heterocycles. The Balaban J connectivity index is 0.855. The van der Waals surface area contributed by atoms with Crippen LogP contribution in [-0.4, -0.2) is 0 Å². The van der Waals surface area contributed by atoms with E-state index in [1.165, 1.54) is 121 Å². The summed E-state index contributed by atoms with van der Waals surface area (Å²) in [6, 6.07) is 77.0. The second-order valence-electron chi connectivity index (χ2n) is 16.9. The molecule has 0 atom stereocenters. The van der Waals surface area contributed by atoms with Crippen molar-refractivity contribution in [2.45, 2.75) is 19.3 Å². The summed E-state index contributed by atoms with van der Waals surface area (Å²) in [6.07, 6.45) is 0. The zero-order valence-electron chi connectivity index (χ0n) is 33.1. The van der Waals surface area contributed by atoms with Crippen LogP contribution < -0.4 is 0 Å². The molecule has 0 saturated heterocycles. The zero-order chi connectivity index (χ0) is 39.2. The topological polar surface area (TPSA) is 0 Å². The second-order valence-corrected chi connectivity index (χ2v) is 16.9. The van der Waals surface area contributed by atoms with Gasteiger partial charge in [0.05, 0.1) is 0 Å². The van der Waals surface area contributed by atoms with Crippen molar-refractivity contribution in [3.05, 3.63) is 217 Å². The summed E-state index contributed by atoms with van der Waals surface area (Å²) in [5.74, 6) is 0. The van der Waals surface area contributed by atoms with Crippen LogP contribution in [0.1, 0.15) is 25.0 Å². The second kappa shape index (κ2) is 12.9. The standard InChI is InChI=1S/C59H40/c1-59(2)57-35-47(44-19-18-37-10-3-4-11-38(37)30-44)25-28-54(57)55-29-26-48(36-58(55)59)45-23-22-42-32-41(20-21-43(42)33-45)39-12-9-13-40(31-39)46-24-27-53-51-16-6-5-14-49(51)50-15-7-8-17-52(50)56(53)34-46/h3-36H,1-2H3. The van der Waals surface area contributed by atoms with Crippen molar-refractivity contribution >= 4 is 53.9 Å². The highest BCUT2D eigenvalue weighted by molar-refractivity contribution is 6.25. The summed E-state index contributed by atoms with van der Waals surface area (Å²) in [4.78, 5) is 0. The first-order valence-corrected chi connectivity index (χ1v) is 20.7. The molecule has 1 aliphatic rings. The van der Waals surface area contributed by atoms with Gasteiger partial charge in [0.1, 0.15) is 0 Å². The lowest BCUT2D eigenvalue weighted by molar-refractivity contribution is 0.661. The maximum absolute atomic E-state index is 2.43. The fourth-order valence-electron chi connectivity index (χ4n) is 10.0. The Morgan fingerprint density at radius 2 is 0.593 bits per heavy atom. The molecule has 276 valence electrons. The van der Waals surface area contributed by atoms with Crippen LogP contribution >= 0.6 is 0 Å². The van der Waals surface area contributed by atoms with Crippen molar-refractivity contribution in [3.8, 4) is 55.6 Å². The van der Waals surface area contributed by atoms with E-state index in [9.17, 15) is 0 Å². The van der Waals surface area contributed by atoms with Crippen LogP contribution in [0.5, 0.6) is 0 Å². The first-order chi connectivity index (χ1) is 29.0. The maximum Gasteiger partial charge on any atom is 0.0159 e. The fourth-order valence-corrected chi connectivity index (χ4v) is 10.0. The molecule has 11 aromatic carbocycles. The lowest BCUT2D eigenvalue weighted by atomic mass is 9.80. The van der Waals surface area contributed by atoms with Crippen molar-refractivity contribution in [2.75, 3.05) is 0 Å². The van der Waals surface area contributed by atoms with Gasteiger partial charge < -0.3 is 0 Å². The van der Waals surface area contributed by atoms with Gasteiger partial charge in [-0.25, -0.2) is 0 Å². The van der Waals surface area contributed by atoms with Crippen molar-refractivity contribution in [2.24, 2.45) is 0 Å². The first kappa shape index (κ1) is 33.8. The van der Waals surface area contributed by atoms with E-state index < -0.39 is 0 Å². The fraction of sp³-hybridized carbons (Fsp3) is 0.0508. The molecule has 1 aliphatic carbocycles. The molecule has 0 bridgehead atoms. The number of fused-ring (bicyclic) bond motifs is 11. The van der Waals surface area contributed by atoms with Gasteiger partial charge in [-0.15, -0.1) is 0 Å². The van der Waals surface area contributed by atoms with E-state index in [1.54, 1.807) is 0 Å². The highest BCUT2D eigenvalue weighted by Gasteiger charge is 2.36. The van der Waals surface area contributed by atoms with E-state index in [0.717, 1.165) is 0 Å². The quantitative estimate of drug-likeness (QED) is 0.157. The van der Waals surface area contributed by atoms with E-state index in [0.29, 0.717) is 0 Å². The number of benzene rings is 11. The molecule has 0 radical (unpaired) electrons. The molecular weight excluding hydrogens is 709 g/mol. The lowest BCUT2D eigenvalue weighted by Crippen LogP contribution is -2.15. The van der Waals surface area contributed by atoms with E-state index >= 15 is 0 Å². The molecule has 0 heteroatoms. The zero-order valence-corrected chi connectivity index (χ0v) is 33.1. The van der Waals surface area contributed by atoms with Gasteiger partial charge in [0.15, 0.2) is 0 Å². The smallest absolute Gasteiger partial charge is 0.0159 e. The summed E-state index contributed by atoms with van der Waals surface area (Å²) in [5, 5.41) is 12.9. The Hall–Kier alpha value is -7.28. The molecule has 0 spiro atoms. The molecule has 0 aromatic heterocycles. The van der Waals surface area contributed by atoms with Gasteiger partial charge in [0.2, 0.25) is 0 Å². The Morgan fingerprint density at radius 1 is 0.237 bits per heavy atom. The van der Waals surface area contributed by atoms with Gasteiger partial charge in [-0.05, 0) is 163 Å². The highest BCUT2D eigenvalue weighted by Crippen LogP contribution is 2.51. The third-order valence-electron chi connectivity index (χ3n) is 13.2. The van der Waals surface area contributed by atoms with Crippen LogP contribution in [0, 0.1) is 0 Å². The summed E-state index contributed by atoms with van der Waals surface area (Å²) >= 11 is 0. The monoisotopic (exact) mass is 748 g/mol. The van der Waals surface area contributed by atoms with Gasteiger partial charge in [0.25, 0.3) is 0 Å². The number of rotatable bonds is 4. The van der Waals surface area contributed by atoms with Gasteiger partial charge in [0, 0.05) is 5.41 Å². The van der Waals surface area contributed by atoms with Crippen LogP contribution in [0.2, 0.25) is 0 Å². The predicted octanol–water partition coefficient (Wildman–Crippen LogP) is 16.4.